The molecule has 0 saturated carbocycles. The molecule has 0 fully saturated rings. The summed E-state index contributed by atoms with van der Waals surface area (Å²) < 4.78 is 0. The molecule has 3 N–H and O–H groups in total. The molecule has 0 aliphatic heterocycles. The highest BCUT2D eigenvalue weighted by Crippen LogP contribution is 2.21. The van der Waals surface area contributed by atoms with Crippen LogP contribution in [-0.4, -0.2) is 21.0 Å². The van der Waals surface area contributed by atoms with Gasteiger partial charge in [0.2, 0.25) is 0 Å². The summed E-state index contributed by atoms with van der Waals surface area (Å²) in [6, 6.07) is 1.47. The van der Waals surface area contributed by atoms with E-state index in [0.717, 1.165) is 0 Å². The van der Waals surface area contributed by atoms with Crippen LogP contribution in [0.25, 0.3) is 0 Å². The maximum Gasteiger partial charge on any atom is 0.315 e. The van der Waals surface area contributed by atoms with Crippen LogP contribution in [0.15, 0.2) is 12.4 Å². The van der Waals surface area contributed by atoms with E-state index in [4.69, 9.17) is 10.8 Å². The molecule has 0 aliphatic rings. The standard InChI is InChI=1S/C8H11N3O2/c1-8(2,7(12)13)5-3-6(9)11-4-10-5/h3-4H,1-2H3,(H,12,13)(H2,9,10,11). The van der Waals surface area contributed by atoms with Crippen molar-refractivity contribution in [2.24, 2.45) is 0 Å². The van der Waals surface area contributed by atoms with Crippen molar-refractivity contribution in [1.82, 2.24) is 9.97 Å². The average Bonchev–Trinajstić information content (AvgIpc) is 2.04. The zero-order chi connectivity index (χ0) is 10.1. The van der Waals surface area contributed by atoms with E-state index in [1.165, 1.54) is 12.4 Å². The van der Waals surface area contributed by atoms with Crippen molar-refractivity contribution in [2.75, 3.05) is 5.73 Å². The Morgan fingerprint density at radius 1 is 1.54 bits per heavy atom. The summed E-state index contributed by atoms with van der Waals surface area (Å²) in [7, 11) is 0. The fourth-order valence-electron chi connectivity index (χ4n) is 0.824. The molecule has 1 aromatic rings. The minimum Gasteiger partial charge on any atom is -0.481 e. The molecule has 0 bridgehead atoms. The topological polar surface area (TPSA) is 89.1 Å². The predicted molar refractivity (Wildman–Crippen MR) is 47.1 cm³/mol. The van der Waals surface area contributed by atoms with Crippen molar-refractivity contribution in [3.05, 3.63) is 18.1 Å². The lowest BCUT2D eigenvalue weighted by Crippen LogP contribution is -2.29. The monoisotopic (exact) mass is 181 g/mol. The molecule has 5 heteroatoms. The molecular weight excluding hydrogens is 170 g/mol. The van der Waals surface area contributed by atoms with Crippen LogP contribution in [0, 0.1) is 0 Å². The van der Waals surface area contributed by atoms with E-state index in [1.54, 1.807) is 13.8 Å². The first-order valence-electron chi connectivity index (χ1n) is 3.76. The summed E-state index contributed by atoms with van der Waals surface area (Å²) in [4.78, 5) is 18.4. The molecule has 0 amide bonds. The van der Waals surface area contributed by atoms with Gasteiger partial charge in [0.1, 0.15) is 17.6 Å². The SMILES string of the molecule is CC(C)(C(=O)O)c1cc(N)ncn1. The number of anilines is 1. The molecule has 13 heavy (non-hydrogen) atoms. The Labute approximate surface area is 75.6 Å². The molecule has 1 aromatic heterocycles. The molecule has 0 radical (unpaired) electrons. The first-order chi connectivity index (χ1) is 5.94. The largest absolute Gasteiger partial charge is 0.481 e. The highest BCUT2D eigenvalue weighted by Gasteiger charge is 2.31. The third-order valence-electron chi connectivity index (χ3n) is 1.86. The molecule has 0 atom stereocenters. The molecule has 1 heterocycles. The van der Waals surface area contributed by atoms with Crippen LogP contribution in [-0.2, 0) is 10.2 Å². The summed E-state index contributed by atoms with van der Waals surface area (Å²) >= 11 is 0. The van der Waals surface area contributed by atoms with E-state index in [1.807, 2.05) is 0 Å². The van der Waals surface area contributed by atoms with Gasteiger partial charge in [-0.3, -0.25) is 4.79 Å². The highest BCUT2D eigenvalue weighted by atomic mass is 16.4. The Morgan fingerprint density at radius 2 is 2.15 bits per heavy atom. The number of aromatic nitrogens is 2. The van der Waals surface area contributed by atoms with Crippen LogP contribution >= 0.6 is 0 Å². The van der Waals surface area contributed by atoms with Gasteiger partial charge >= 0.3 is 5.97 Å². The number of nitrogens with zero attached hydrogens (tertiary/aromatic N) is 2. The normalized spacial score (nSPS) is 11.2. The van der Waals surface area contributed by atoms with Gasteiger partial charge < -0.3 is 10.8 Å². The van der Waals surface area contributed by atoms with Gasteiger partial charge in [-0.25, -0.2) is 9.97 Å². The predicted octanol–water partition coefficient (Wildman–Crippen LogP) is 0.421. The molecular formula is C8H11N3O2. The number of nitrogens with two attached hydrogens (primary N) is 1. The van der Waals surface area contributed by atoms with Gasteiger partial charge in [0.25, 0.3) is 0 Å². The fraction of sp³-hybridized carbons (Fsp3) is 0.375. The Kier molecular flexibility index (Phi) is 2.18. The van der Waals surface area contributed by atoms with E-state index in [9.17, 15) is 4.79 Å². The van der Waals surface area contributed by atoms with Gasteiger partial charge in [0, 0.05) is 6.07 Å². The van der Waals surface area contributed by atoms with E-state index in [-0.39, 0.29) is 5.82 Å². The van der Waals surface area contributed by atoms with Gasteiger partial charge in [-0.1, -0.05) is 0 Å². The van der Waals surface area contributed by atoms with E-state index in [2.05, 4.69) is 9.97 Å². The zero-order valence-corrected chi connectivity index (χ0v) is 7.48. The second-order valence-corrected chi connectivity index (χ2v) is 3.26. The van der Waals surface area contributed by atoms with Gasteiger partial charge in [-0.15, -0.1) is 0 Å². The quantitative estimate of drug-likeness (QED) is 0.690. The Balaban J connectivity index is 3.14. The van der Waals surface area contributed by atoms with Crippen LogP contribution in [0.5, 0.6) is 0 Å². The number of carboxylic acid groups (broad SMARTS) is 1. The molecule has 0 spiro atoms. The summed E-state index contributed by atoms with van der Waals surface area (Å²) in [6.45, 7) is 3.13. The zero-order valence-electron chi connectivity index (χ0n) is 7.48. The number of aliphatic carboxylic acids is 1. The maximum absolute atomic E-state index is 10.8. The first kappa shape index (κ1) is 9.44. The summed E-state index contributed by atoms with van der Waals surface area (Å²) in [5.74, 6) is -0.662. The molecule has 0 unspecified atom stereocenters. The summed E-state index contributed by atoms with van der Waals surface area (Å²) in [6.07, 6.45) is 1.26. The van der Waals surface area contributed by atoms with Crippen molar-refractivity contribution >= 4 is 11.8 Å². The number of carbonyl (C=O) groups is 1. The highest BCUT2D eigenvalue weighted by molar-refractivity contribution is 5.79. The minimum absolute atomic E-state index is 0.277. The lowest BCUT2D eigenvalue weighted by molar-refractivity contribution is -0.142. The fourth-order valence-corrected chi connectivity index (χ4v) is 0.824. The molecule has 70 valence electrons. The Hall–Kier alpha value is -1.65. The minimum atomic E-state index is -1.03. The molecule has 5 nitrogen and oxygen atoms in total. The van der Waals surface area contributed by atoms with Crippen LogP contribution in [0.4, 0.5) is 5.82 Å². The molecule has 0 aromatic carbocycles. The van der Waals surface area contributed by atoms with E-state index >= 15 is 0 Å². The maximum atomic E-state index is 10.8. The third-order valence-corrected chi connectivity index (χ3v) is 1.86. The number of nitrogen functional groups attached to an aromatic ring is 1. The lowest BCUT2D eigenvalue weighted by atomic mass is 9.89. The third kappa shape index (κ3) is 1.74. The number of rotatable bonds is 2. The van der Waals surface area contributed by atoms with Crippen molar-refractivity contribution in [2.45, 2.75) is 19.3 Å². The summed E-state index contributed by atoms with van der Waals surface area (Å²) in [5, 5.41) is 8.88. The smallest absolute Gasteiger partial charge is 0.315 e. The van der Waals surface area contributed by atoms with Crippen molar-refractivity contribution in [3.8, 4) is 0 Å². The number of hydrogen-bond acceptors (Lipinski definition) is 4. The van der Waals surface area contributed by atoms with Crippen molar-refractivity contribution in [1.29, 1.82) is 0 Å². The Morgan fingerprint density at radius 3 is 2.62 bits per heavy atom. The number of hydrogen-bond donors (Lipinski definition) is 2. The molecule has 0 saturated heterocycles. The van der Waals surface area contributed by atoms with Gasteiger partial charge in [0.15, 0.2) is 0 Å². The molecule has 1 rings (SSSR count). The van der Waals surface area contributed by atoms with Crippen LogP contribution in [0.1, 0.15) is 19.5 Å². The van der Waals surface area contributed by atoms with E-state index < -0.39 is 11.4 Å². The van der Waals surface area contributed by atoms with Crippen LogP contribution in [0.3, 0.4) is 0 Å². The van der Waals surface area contributed by atoms with Crippen molar-refractivity contribution in [3.63, 3.8) is 0 Å². The Bertz CT molecular complexity index is 336. The van der Waals surface area contributed by atoms with Crippen LogP contribution < -0.4 is 5.73 Å². The van der Waals surface area contributed by atoms with Crippen molar-refractivity contribution < 1.29 is 9.90 Å². The second-order valence-electron chi connectivity index (χ2n) is 3.26. The van der Waals surface area contributed by atoms with Gasteiger partial charge in [-0.2, -0.15) is 0 Å². The van der Waals surface area contributed by atoms with E-state index in [0.29, 0.717) is 5.69 Å². The number of carboxylic acids is 1. The van der Waals surface area contributed by atoms with Crippen LogP contribution in [0.2, 0.25) is 0 Å². The molecule has 0 aliphatic carbocycles. The average molecular weight is 181 g/mol. The van der Waals surface area contributed by atoms with Gasteiger partial charge in [-0.05, 0) is 13.8 Å². The summed E-state index contributed by atoms with van der Waals surface area (Å²) in [5.41, 5.74) is 4.79. The lowest BCUT2D eigenvalue weighted by Gasteiger charge is -2.17. The second kappa shape index (κ2) is 3.01. The first-order valence-corrected chi connectivity index (χ1v) is 3.76. The van der Waals surface area contributed by atoms with Gasteiger partial charge in [0.05, 0.1) is 5.69 Å².